The highest BCUT2D eigenvalue weighted by molar-refractivity contribution is 7.09. The van der Waals surface area contributed by atoms with Gasteiger partial charge in [0.05, 0.1) is 17.7 Å². The predicted octanol–water partition coefficient (Wildman–Crippen LogP) is 2.18. The lowest BCUT2D eigenvalue weighted by Crippen LogP contribution is -2.30. The van der Waals surface area contributed by atoms with Crippen LogP contribution in [0.15, 0.2) is 23.8 Å². The Morgan fingerprint density at radius 2 is 2.33 bits per heavy atom. The van der Waals surface area contributed by atoms with E-state index in [1.807, 2.05) is 17.6 Å². The smallest absolute Gasteiger partial charge is 0.224 e. The molecule has 0 amide bonds. The minimum Gasteiger partial charge on any atom is -0.379 e. The second-order valence-electron chi connectivity index (χ2n) is 4.93. The van der Waals surface area contributed by atoms with Gasteiger partial charge in [-0.3, -0.25) is 0 Å². The Hall–Kier alpha value is -1.73. The summed E-state index contributed by atoms with van der Waals surface area (Å²) in [5.41, 5.74) is 0. The molecule has 1 fully saturated rings. The van der Waals surface area contributed by atoms with Gasteiger partial charge >= 0.3 is 0 Å². The Morgan fingerprint density at radius 1 is 1.33 bits per heavy atom. The van der Waals surface area contributed by atoms with Gasteiger partial charge in [-0.2, -0.15) is 4.98 Å². The average Bonchev–Trinajstić information content (AvgIpc) is 3.02. The van der Waals surface area contributed by atoms with E-state index in [1.54, 1.807) is 17.5 Å². The highest BCUT2D eigenvalue weighted by Gasteiger charge is 2.14. The molecule has 1 aliphatic rings. The van der Waals surface area contributed by atoms with E-state index in [2.05, 4.69) is 25.6 Å². The zero-order valence-electron chi connectivity index (χ0n) is 11.8. The third-order valence-corrected chi connectivity index (χ3v) is 4.11. The van der Waals surface area contributed by atoms with Crippen LogP contribution in [0.3, 0.4) is 0 Å². The van der Waals surface area contributed by atoms with Crippen LogP contribution < -0.4 is 10.6 Å². The summed E-state index contributed by atoms with van der Waals surface area (Å²) in [6.45, 7) is 2.39. The molecule has 3 rings (SSSR count). The monoisotopic (exact) mass is 305 g/mol. The molecule has 0 radical (unpaired) electrons. The van der Waals surface area contributed by atoms with Gasteiger partial charge in [-0.1, -0.05) is 0 Å². The maximum atomic E-state index is 5.46. The van der Waals surface area contributed by atoms with E-state index in [-0.39, 0.29) is 0 Å². The molecule has 0 bridgehead atoms. The van der Waals surface area contributed by atoms with Crippen LogP contribution in [0.5, 0.6) is 0 Å². The maximum Gasteiger partial charge on any atom is 0.224 e. The average molecular weight is 305 g/mol. The van der Waals surface area contributed by atoms with Crippen LogP contribution in [0.2, 0.25) is 0 Å². The van der Waals surface area contributed by atoms with Crippen molar-refractivity contribution in [2.45, 2.75) is 25.3 Å². The Kier molecular flexibility index (Phi) is 4.96. The number of rotatable bonds is 6. The van der Waals surface area contributed by atoms with Gasteiger partial charge in [0.15, 0.2) is 0 Å². The lowest BCUT2D eigenvalue weighted by Gasteiger charge is -2.23. The summed E-state index contributed by atoms with van der Waals surface area (Å²) >= 11 is 1.67. The van der Waals surface area contributed by atoms with Crippen molar-refractivity contribution < 1.29 is 4.74 Å². The SMILES string of the molecule is c1cc(N[C@@H]2CCCOC2)nc(NCCc2nccs2)n1. The van der Waals surface area contributed by atoms with Crippen molar-refractivity contribution in [3.63, 3.8) is 0 Å². The summed E-state index contributed by atoms with van der Waals surface area (Å²) in [4.78, 5) is 13.0. The van der Waals surface area contributed by atoms with Gasteiger partial charge in [-0.15, -0.1) is 11.3 Å². The van der Waals surface area contributed by atoms with E-state index < -0.39 is 0 Å². The Labute approximate surface area is 128 Å². The largest absolute Gasteiger partial charge is 0.379 e. The Bertz CT molecular complexity index is 542. The molecule has 112 valence electrons. The quantitative estimate of drug-likeness (QED) is 0.852. The van der Waals surface area contributed by atoms with Gasteiger partial charge in [0, 0.05) is 37.3 Å². The standard InChI is InChI=1S/C14H19N5OS/c1-2-11(10-20-8-1)18-12-3-5-16-14(19-12)17-6-4-13-15-7-9-21-13/h3,5,7,9,11H,1-2,4,6,8,10H2,(H2,16,17,18,19)/t11-/m1/s1. The number of nitrogens with one attached hydrogen (secondary N) is 2. The van der Waals surface area contributed by atoms with Crippen LogP contribution in [0.25, 0.3) is 0 Å². The highest BCUT2D eigenvalue weighted by Crippen LogP contribution is 2.13. The van der Waals surface area contributed by atoms with Crippen molar-refractivity contribution in [2.24, 2.45) is 0 Å². The van der Waals surface area contributed by atoms with Crippen LogP contribution in [0.4, 0.5) is 11.8 Å². The number of nitrogens with zero attached hydrogens (tertiary/aromatic N) is 3. The third-order valence-electron chi connectivity index (χ3n) is 3.27. The molecule has 0 saturated carbocycles. The molecule has 6 nitrogen and oxygen atoms in total. The molecule has 3 heterocycles. The Morgan fingerprint density at radius 3 is 3.14 bits per heavy atom. The summed E-state index contributed by atoms with van der Waals surface area (Å²) in [6, 6.07) is 2.23. The fraction of sp³-hybridized carbons (Fsp3) is 0.500. The molecule has 0 spiro atoms. The first-order valence-corrected chi connectivity index (χ1v) is 8.08. The van der Waals surface area contributed by atoms with Crippen LogP contribution in [0, 0.1) is 0 Å². The van der Waals surface area contributed by atoms with E-state index in [4.69, 9.17) is 4.74 Å². The summed E-state index contributed by atoms with van der Waals surface area (Å²) in [5.74, 6) is 1.49. The van der Waals surface area contributed by atoms with Gasteiger partial charge in [0.25, 0.3) is 0 Å². The van der Waals surface area contributed by atoms with Crippen molar-refractivity contribution in [1.29, 1.82) is 0 Å². The Balaban J connectivity index is 1.50. The van der Waals surface area contributed by atoms with Crippen molar-refractivity contribution in [1.82, 2.24) is 15.0 Å². The van der Waals surface area contributed by atoms with E-state index in [0.717, 1.165) is 49.8 Å². The first-order chi connectivity index (χ1) is 10.4. The minimum atomic E-state index is 0.344. The zero-order chi connectivity index (χ0) is 14.3. The molecule has 7 heteroatoms. The lowest BCUT2D eigenvalue weighted by molar-refractivity contribution is 0.0875. The van der Waals surface area contributed by atoms with Gasteiger partial charge in [-0.25, -0.2) is 9.97 Å². The van der Waals surface area contributed by atoms with Crippen LogP contribution in [0.1, 0.15) is 17.8 Å². The molecule has 21 heavy (non-hydrogen) atoms. The van der Waals surface area contributed by atoms with Gasteiger partial charge in [0.2, 0.25) is 5.95 Å². The summed E-state index contributed by atoms with van der Waals surface area (Å²) in [6.07, 6.45) is 6.70. The normalized spacial score (nSPS) is 18.4. The summed E-state index contributed by atoms with van der Waals surface area (Å²) in [7, 11) is 0. The second kappa shape index (κ2) is 7.33. The number of hydrogen-bond donors (Lipinski definition) is 2. The molecule has 1 aliphatic heterocycles. The first kappa shape index (κ1) is 14.2. The molecule has 2 aromatic rings. The third kappa shape index (κ3) is 4.37. The van der Waals surface area contributed by atoms with Crippen molar-refractivity contribution >= 4 is 23.1 Å². The van der Waals surface area contributed by atoms with Crippen LogP contribution in [-0.2, 0) is 11.2 Å². The van der Waals surface area contributed by atoms with E-state index >= 15 is 0 Å². The predicted molar refractivity (Wildman–Crippen MR) is 83.8 cm³/mol. The number of aromatic nitrogens is 3. The lowest BCUT2D eigenvalue weighted by atomic mass is 10.1. The minimum absolute atomic E-state index is 0.344. The number of hydrogen-bond acceptors (Lipinski definition) is 7. The molecule has 0 aliphatic carbocycles. The molecule has 1 atom stereocenters. The molecular formula is C14H19N5OS. The number of ether oxygens (including phenoxy) is 1. The molecule has 2 aromatic heterocycles. The topological polar surface area (TPSA) is 72.0 Å². The van der Waals surface area contributed by atoms with E-state index in [1.165, 1.54) is 0 Å². The molecule has 0 aromatic carbocycles. The highest BCUT2D eigenvalue weighted by atomic mass is 32.1. The molecule has 2 N–H and O–H groups in total. The maximum absolute atomic E-state index is 5.46. The number of anilines is 2. The van der Waals surface area contributed by atoms with E-state index in [0.29, 0.717) is 12.0 Å². The van der Waals surface area contributed by atoms with E-state index in [9.17, 15) is 0 Å². The van der Waals surface area contributed by atoms with Gasteiger partial charge in [-0.05, 0) is 18.9 Å². The first-order valence-electron chi connectivity index (χ1n) is 7.20. The molecule has 0 unspecified atom stereocenters. The van der Waals surface area contributed by atoms with Crippen molar-refractivity contribution in [3.8, 4) is 0 Å². The molecule has 1 saturated heterocycles. The zero-order valence-corrected chi connectivity index (χ0v) is 12.6. The number of thiazole rings is 1. The van der Waals surface area contributed by atoms with Crippen LogP contribution >= 0.6 is 11.3 Å². The van der Waals surface area contributed by atoms with Gasteiger partial charge < -0.3 is 15.4 Å². The fourth-order valence-corrected chi connectivity index (χ4v) is 2.87. The fourth-order valence-electron chi connectivity index (χ4n) is 2.25. The summed E-state index contributed by atoms with van der Waals surface area (Å²) < 4.78 is 5.46. The summed E-state index contributed by atoms with van der Waals surface area (Å²) in [5, 5.41) is 9.74. The van der Waals surface area contributed by atoms with Gasteiger partial charge in [0.1, 0.15) is 5.82 Å². The molecular weight excluding hydrogens is 286 g/mol. The second-order valence-corrected chi connectivity index (χ2v) is 5.91. The van der Waals surface area contributed by atoms with Crippen molar-refractivity contribution in [2.75, 3.05) is 30.4 Å². The van der Waals surface area contributed by atoms with Crippen LogP contribution in [-0.4, -0.2) is 40.8 Å². The van der Waals surface area contributed by atoms with Crippen molar-refractivity contribution in [3.05, 3.63) is 28.8 Å².